The predicted octanol–water partition coefficient (Wildman–Crippen LogP) is 9.92. The molecule has 1 fully saturated rings. The molecule has 1 heteroatoms. The van der Waals surface area contributed by atoms with E-state index in [1.54, 1.807) is 0 Å². The monoisotopic (exact) mass is 428 g/mol. The Bertz CT molecular complexity index is 512. The second kappa shape index (κ2) is 17.6. The van der Waals surface area contributed by atoms with E-state index in [1.807, 2.05) is 0 Å². The Balaban J connectivity index is 1.46. The summed E-state index contributed by atoms with van der Waals surface area (Å²) in [5, 5.41) is 0. The molecule has 0 bridgehead atoms. The van der Waals surface area contributed by atoms with E-state index in [0.29, 0.717) is 0 Å². The van der Waals surface area contributed by atoms with Crippen molar-refractivity contribution in [3.8, 4) is 5.75 Å². The van der Waals surface area contributed by atoms with Crippen LogP contribution in [0.1, 0.15) is 135 Å². The topological polar surface area (TPSA) is 9.23 Å². The van der Waals surface area contributed by atoms with Gasteiger partial charge in [-0.05, 0) is 55.2 Å². The molecular weight excluding hydrogens is 376 g/mol. The Morgan fingerprint density at radius 2 is 1.13 bits per heavy atom. The van der Waals surface area contributed by atoms with Crippen LogP contribution in [0.15, 0.2) is 24.3 Å². The molecule has 178 valence electrons. The minimum Gasteiger partial charge on any atom is -0.494 e. The van der Waals surface area contributed by atoms with E-state index in [2.05, 4.69) is 38.1 Å². The molecule has 0 aromatic heterocycles. The van der Waals surface area contributed by atoms with Crippen molar-refractivity contribution >= 4 is 0 Å². The first-order chi connectivity index (χ1) is 15.3. The molecule has 1 aliphatic carbocycles. The molecule has 1 aliphatic rings. The van der Waals surface area contributed by atoms with E-state index in [0.717, 1.165) is 24.2 Å². The molecule has 1 aromatic carbocycles. The summed E-state index contributed by atoms with van der Waals surface area (Å²) in [7, 11) is 0. The molecule has 1 nitrogen and oxygen atoms in total. The first-order valence-electron chi connectivity index (χ1n) is 14.0. The highest BCUT2D eigenvalue weighted by Crippen LogP contribution is 2.34. The van der Waals surface area contributed by atoms with Crippen LogP contribution in [-0.4, -0.2) is 6.61 Å². The van der Waals surface area contributed by atoms with Gasteiger partial charge in [-0.3, -0.25) is 0 Å². The maximum absolute atomic E-state index is 6.02. The molecule has 0 unspecified atom stereocenters. The number of ether oxygens (including phenoxy) is 1. The van der Waals surface area contributed by atoms with Gasteiger partial charge in [0, 0.05) is 0 Å². The van der Waals surface area contributed by atoms with E-state index < -0.39 is 0 Å². The zero-order chi connectivity index (χ0) is 22.0. The number of rotatable bonds is 18. The molecular formula is C30H52O. The third-order valence-electron chi connectivity index (χ3n) is 7.45. The molecule has 0 aliphatic heterocycles. The van der Waals surface area contributed by atoms with Crippen molar-refractivity contribution in [3.63, 3.8) is 0 Å². The van der Waals surface area contributed by atoms with Gasteiger partial charge < -0.3 is 4.74 Å². The predicted molar refractivity (Wildman–Crippen MR) is 137 cm³/mol. The van der Waals surface area contributed by atoms with Gasteiger partial charge >= 0.3 is 0 Å². The second-order valence-electron chi connectivity index (χ2n) is 10.2. The van der Waals surface area contributed by atoms with Crippen LogP contribution in [0.4, 0.5) is 0 Å². The Labute approximate surface area is 194 Å². The summed E-state index contributed by atoms with van der Waals surface area (Å²) >= 11 is 0. The molecule has 0 heterocycles. The zero-order valence-corrected chi connectivity index (χ0v) is 21.0. The van der Waals surface area contributed by atoms with Crippen LogP contribution < -0.4 is 4.74 Å². The van der Waals surface area contributed by atoms with Gasteiger partial charge in [-0.2, -0.15) is 0 Å². The maximum atomic E-state index is 6.02. The SMILES string of the molecule is CCCCCCCC[C@H]1CC[C@H](CCCOc2ccc(CCCCCCC)cc2)CC1. The highest BCUT2D eigenvalue weighted by atomic mass is 16.5. The Kier molecular flexibility index (Phi) is 14.9. The average Bonchev–Trinajstić information content (AvgIpc) is 2.81. The van der Waals surface area contributed by atoms with Crippen molar-refractivity contribution < 1.29 is 4.74 Å². The Morgan fingerprint density at radius 1 is 0.613 bits per heavy atom. The highest BCUT2D eigenvalue weighted by molar-refractivity contribution is 5.27. The van der Waals surface area contributed by atoms with Crippen molar-refractivity contribution in [1.82, 2.24) is 0 Å². The lowest BCUT2D eigenvalue weighted by molar-refractivity contribution is 0.228. The lowest BCUT2D eigenvalue weighted by atomic mass is 9.78. The van der Waals surface area contributed by atoms with Crippen molar-refractivity contribution in [3.05, 3.63) is 29.8 Å². The van der Waals surface area contributed by atoms with Crippen molar-refractivity contribution in [2.24, 2.45) is 11.8 Å². The number of hydrogen-bond acceptors (Lipinski definition) is 1. The minimum absolute atomic E-state index is 0.883. The number of unbranched alkanes of at least 4 members (excludes halogenated alkanes) is 9. The summed E-state index contributed by atoms with van der Waals surface area (Å²) in [6, 6.07) is 8.88. The molecule has 0 atom stereocenters. The lowest BCUT2D eigenvalue weighted by Gasteiger charge is -2.28. The molecule has 1 aromatic rings. The van der Waals surface area contributed by atoms with Gasteiger partial charge in [0.25, 0.3) is 0 Å². The van der Waals surface area contributed by atoms with Crippen LogP contribution in [0.25, 0.3) is 0 Å². The molecule has 2 rings (SSSR count). The van der Waals surface area contributed by atoms with Crippen LogP contribution in [0.3, 0.4) is 0 Å². The summed E-state index contributed by atoms with van der Waals surface area (Å²) in [4.78, 5) is 0. The third-order valence-corrected chi connectivity index (χ3v) is 7.45. The molecule has 0 radical (unpaired) electrons. The first kappa shape index (κ1) is 26.3. The smallest absolute Gasteiger partial charge is 0.119 e. The van der Waals surface area contributed by atoms with Crippen molar-refractivity contribution in [2.75, 3.05) is 6.61 Å². The van der Waals surface area contributed by atoms with Gasteiger partial charge in [-0.25, -0.2) is 0 Å². The Morgan fingerprint density at radius 3 is 1.74 bits per heavy atom. The van der Waals surface area contributed by atoms with Crippen LogP contribution in [-0.2, 0) is 6.42 Å². The summed E-state index contributed by atoms with van der Waals surface area (Å²) < 4.78 is 6.02. The maximum Gasteiger partial charge on any atom is 0.119 e. The van der Waals surface area contributed by atoms with Crippen LogP contribution in [0.5, 0.6) is 5.75 Å². The van der Waals surface area contributed by atoms with E-state index >= 15 is 0 Å². The summed E-state index contributed by atoms with van der Waals surface area (Å²) in [5.41, 5.74) is 1.46. The molecule has 0 N–H and O–H groups in total. The number of aryl methyl sites for hydroxylation is 1. The van der Waals surface area contributed by atoms with Crippen LogP contribution in [0.2, 0.25) is 0 Å². The summed E-state index contributed by atoms with van der Waals surface area (Å²) in [5.74, 6) is 3.04. The van der Waals surface area contributed by atoms with E-state index in [9.17, 15) is 0 Å². The van der Waals surface area contributed by atoms with Gasteiger partial charge in [0.05, 0.1) is 6.61 Å². The van der Waals surface area contributed by atoms with Gasteiger partial charge in [0.15, 0.2) is 0 Å². The normalized spacial score (nSPS) is 18.9. The quantitative estimate of drug-likeness (QED) is 0.211. The summed E-state index contributed by atoms with van der Waals surface area (Å²) in [6.45, 7) is 5.47. The molecule has 31 heavy (non-hydrogen) atoms. The average molecular weight is 429 g/mol. The largest absolute Gasteiger partial charge is 0.494 e. The highest BCUT2D eigenvalue weighted by Gasteiger charge is 2.20. The van der Waals surface area contributed by atoms with Crippen LogP contribution >= 0.6 is 0 Å². The third kappa shape index (κ3) is 12.6. The lowest BCUT2D eigenvalue weighted by Crippen LogP contribution is -2.15. The minimum atomic E-state index is 0.883. The standard InChI is InChI=1S/C30H52O/c1-3-5-7-9-11-13-15-27-18-20-29(21-19-27)17-14-26-31-30-24-22-28(23-25-30)16-12-10-8-6-4-2/h22-25,27,29H,3-21,26H2,1-2H3/t27-,29-. The molecule has 0 spiro atoms. The van der Waals surface area contributed by atoms with Crippen LogP contribution in [0, 0.1) is 11.8 Å². The fourth-order valence-electron chi connectivity index (χ4n) is 5.27. The van der Waals surface area contributed by atoms with E-state index in [1.165, 1.54) is 128 Å². The fourth-order valence-corrected chi connectivity index (χ4v) is 5.27. The van der Waals surface area contributed by atoms with E-state index in [4.69, 9.17) is 4.74 Å². The van der Waals surface area contributed by atoms with Crippen molar-refractivity contribution in [1.29, 1.82) is 0 Å². The first-order valence-corrected chi connectivity index (χ1v) is 14.0. The Hall–Kier alpha value is -0.980. The van der Waals surface area contributed by atoms with Gasteiger partial charge in [-0.1, -0.05) is 122 Å². The molecule has 0 amide bonds. The number of hydrogen-bond donors (Lipinski definition) is 0. The fraction of sp³-hybridized carbons (Fsp3) is 0.800. The summed E-state index contributed by atoms with van der Waals surface area (Å²) in [6.07, 6.45) is 26.6. The number of benzene rings is 1. The molecule has 0 saturated heterocycles. The van der Waals surface area contributed by atoms with Crippen molar-refractivity contribution in [2.45, 2.75) is 136 Å². The van der Waals surface area contributed by atoms with Gasteiger partial charge in [0.2, 0.25) is 0 Å². The zero-order valence-electron chi connectivity index (χ0n) is 21.0. The van der Waals surface area contributed by atoms with Gasteiger partial charge in [0.1, 0.15) is 5.75 Å². The van der Waals surface area contributed by atoms with Gasteiger partial charge in [-0.15, -0.1) is 0 Å². The van der Waals surface area contributed by atoms with E-state index in [-0.39, 0.29) is 0 Å². The second-order valence-corrected chi connectivity index (χ2v) is 10.2. The molecule has 1 saturated carbocycles.